The number of benzene rings is 2. The molecule has 1 saturated carbocycles. The van der Waals surface area contributed by atoms with Gasteiger partial charge in [0.25, 0.3) is 0 Å². The van der Waals surface area contributed by atoms with Crippen LogP contribution in [0.4, 0.5) is 4.39 Å². The molecule has 0 heterocycles. The largest absolute Gasteiger partial charge is 0.454 e. The van der Waals surface area contributed by atoms with Crippen molar-refractivity contribution in [2.24, 2.45) is 0 Å². The Hall–Kier alpha value is -1.39. The monoisotopic (exact) mass is 335 g/mol. The number of hydrogen-bond donors (Lipinski definition) is 1. The van der Waals surface area contributed by atoms with Crippen molar-refractivity contribution in [1.82, 2.24) is 5.32 Å². The van der Waals surface area contributed by atoms with E-state index >= 15 is 0 Å². The molecule has 1 N–H and O–H groups in total. The average Bonchev–Trinajstić information content (AvgIpc) is 3.25. The average molecular weight is 336 g/mol. The van der Waals surface area contributed by atoms with Gasteiger partial charge in [-0.3, -0.25) is 0 Å². The zero-order chi connectivity index (χ0) is 13.9. The van der Waals surface area contributed by atoms with Crippen LogP contribution in [0.1, 0.15) is 18.4 Å². The summed E-state index contributed by atoms with van der Waals surface area (Å²) in [7, 11) is 0. The highest BCUT2D eigenvalue weighted by Crippen LogP contribution is 2.30. The van der Waals surface area contributed by atoms with Gasteiger partial charge in [-0.25, -0.2) is 4.39 Å². The lowest BCUT2D eigenvalue weighted by Crippen LogP contribution is -2.15. The van der Waals surface area contributed by atoms with Crippen molar-refractivity contribution in [3.05, 3.63) is 58.3 Å². The summed E-state index contributed by atoms with van der Waals surface area (Å²) in [6, 6.07) is 12.9. The van der Waals surface area contributed by atoms with E-state index in [1.807, 2.05) is 18.2 Å². The van der Waals surface area contributed by atoms with E-state index in [0.717, 1.165) is 16.6 Å². The van der Waals surface area contributed by atoms with Crippen LogP contribution in [0.25, 0.3) is 0 Å². The van der Waals surface area contributed by atoms with Gasteiger partial charge < -0.3 is 10.1 Å². The maximum Gasteiger partial charge on any atom is 0.165 e. The van der Waals surface area contributed by atoms with Crippen LogP contribution in [0.15, 0.2) is 46.9 Å². The summed E-state index contributed by atoms with van der Waals surface area (Å²) in [4.78, 5) is 0. The Labute approximate surface area is 126 Å². The maximum absolute atomic E-state index is 13.7. The zero-order valence-electron chi connectivity index (χ0n) is 10.9. The van der Waals surface area contributed by atoms with Crippen LogP contribution in [0, 0.1) is 5.82 Å². The molecule has 0 bridgehead atoms. The lowest BCUT2D eigenvalue weighted by Gasteiger charge is -2.13. The van der Waals surface area contributed by atoms with Gasteiger partial charge in [0.15, 0.2) is 11.6 Å². The Morgan fingerprint density at radius 2 is 1.95 bits per heavy atom. The third-order valence-corrected chi connectivity index (χ3v) is 3.74. The molecule has 0 amide bonds. The highest BCUT2D eigenvalue weighted by molar-refractivity contribution is 9.10. The standard InChI is InChI=1S/C16H15BrFNO/c17-12-6-5-11(10-19-13-7-8-13)16(9-12)20-15-4-2-1-3-14(15)18/h1-6,9,13,19H,7-8,10H2. The van der Waals surface area contributed by atoms with Gasteiger partial charge in [0, 0.05) is 22.6 Å². The van der Waals surface area contributed by atoms with Crippen molar-refractivity contribution in [1.29, 1.82) is 0 Å². The predicted octanol–water partition coefficient (Wildman–Crippen LogP) is 4.63. The summed E-state index contributed by atoms with van der Waals surface area (Å²) in [6.07, 6.45) is 2.47. The van der Waals surface area contributed by atoms with Crippen molar-refractivity contribution in [2.75, 3.05) is 0 Å². The van der Waals surface area contributed by atoms with Crippen LogP contribution in [-0.4, -0.2) is 6.04 Å². The van der Waals surface area contributed by atoms with Crippen molar-refractivity contribution < 1.29 is 9.13 Å². The highest BCUT2D eigenvalue weighted by Gasteiger charge is 2.20. The molecule has 20 heavy (non-hydrogen) atoms. The van der Waals surface area contributed by atoms with Crippen molar-refractivity contribution in [3.63, 3.8) is 0 Å². The number of hydrogen-bond acceptors (Lipinski definition) is 2. The molecule has 0 saturated heterocycles. The maximum atomic E-state index is 13.7. The van der Waals surface area contributed by atoms with Crippen molar-refractivity contribution >= 4 is 15.9 Å². The predicted molar refractivity (Wildman–Crippen MR) is 80.5 cm³/mol. The third kappa shape index (κ3) is 3.38. The second kappa shape index (κ2) is 5.94. The summed E-state index contributed by atoms with van der Waals surface area (Å²) in [5, 5.41) is 3.44. The van der Waals surface area contributed by atoms with Gasteiger partial charge in [0.05, 0.1) is 0 Å². The zero-order valence-corrected chi connectivity index (χ0v) is 12.5. The fraction of sp³-hybridized carbons (Fsp3) is 0.250. The van der Waals surface area contributed by atoms with Crippen molar-refractivity contribution in [2.45, 2.75) is 25.4 Å². The number of ether oxygens (including phenoxy) is 1. The molecule has 0 spiro atoms. The van der Waals surface area contributed by atoms with E-state index in [4.69, 9.17) is 4.74 Å². The second-order valence-electron chi connectivity index (χ2n) is 4.94. The molecule has 0 radical (unpaired) electrons. The van der Waals surface area contributed by atoms with Crippen molar-refractivity contribution in [3.8, 4) is 11.5 Å². The van der Waals surface area contributed by atoms with E-state index in [1.165, 1.54) is 18.9 Å². The van der Waals surface area contributed by atoms with E-state index in [-0.39, 0.29) is 11.6 Å². The fourth-order valence-corrected chi connectivity index (χ4v) is 2.30. The molecular weight excluding hydrogens is 321 g/mol. The summed E-state index contributed by atoms with van der Waals surface area (Å²) < 4.78 is 20.3. The first-order valence-corrected chi connectivity index (χ1v) is 7.46. The van der Waals surface area contributed by atoms with Gasteiger partial charge in [-0.2, -0.15) is 0 Å². The minimum atomic E-state index is -0.353. The Morgan fingerprint density at radius 1 is 1.15 bits per heavy atom. The molecule has 2 aromatic carbocycles. The molecule has 1 aliphatic rings. The summed E-state index contributed by atoms with van der Waals surface area (Å²) in [5.41, 5.74) is 1.03. The Morgan fingerprint density at radius 3 is 2.70 bits per heavy atom. The minimum absolute atomic E-state index is 0.248. The van der Waals surface area contributed by atoms with E-state index in [2.05, 4.69) is 21.2 Å². The molecule has 3 rings (SSSR count). The van der Waals surface area contributed by atoms with Crippen LogP contribution in [0.5, 0.6) is 11.5 Å². The fourth-order valence-electron chi connectivity index (χ4n) is 1.96. The molecular formula is C16H15BrFNO. The topological polar surface area (TPSA) is 21.3 Å². The van der Waals surface area contributed by atoms with Crippen LogP contribution < -0.4 is 10.1 Å². The van der Waals surface area contributed by atoms with Crippen LogP contribution in [0.3, 0.4) is 0 Å². The van der Waals surface area contributed by atoms with E-state index in [0.29, 0.717) is 11.8 Å². The summed E-state index contributed by atoms with van der Waals surface area (Å²) >= 11 is 3.43. The molecule has 2 nitrogen and oxygen atoms in total. The van der Waals surface area contributed by atoms with Gasteiger partial charge in [-0.05, 0) is 37.1 Å². The SMILES string of the molecule is Fc1ccccc1Oc1cc(Br)ccc1CNC1CC1. The van der Waals surface area contributed by atoms with Gasteiger partial charge in [0.1, 0.15) is 5.75 Å². The van der Waals surface area contributed by atoms with Crippen LogP contribution >= 0.6 is 15.9 Å². The lowest BCUT2D eigenvalue weighted by atomic mass is 10.2. The smallest absolute Gasteiger partial charge is 0.165 e. The molecule has 1 aliphatic carbocycles. The van der Waals surface area contributed by atoms with E-state index in [9.17, 15) is 4.39 Å². The highest BCUT2D eigenvalue weighted by atomic mass is 79.9. The molecule has 4 heteroatoms. The molecule has 2 aromatic rings. The molecule has 0 atom stereocenters. The minimum Gasteiger partial charge on any atom is -0.454 e. The van der Waals surface area contributed by atoms with Gasteiger partial charge in [-0.15, -0.1) is 0 Å². The molecule has 0 unspecified atom stereocenters. The van der Waals surface area contributed by atoms with Gasteiger partial charge >= 0.3 is 0 Å². The molecule has 1 fully saturated rings. The molecule has 0 aliphatic heterocycles. The quantitative estimate of drug-likeness (QED) is 0.859. The number of rotatable bonds is 5. The summed E-state index contributed by atoms with van der Waals surface area (Å²) in [6.45, 7) is 0.738. The second-order valence-corrected chi connectivity index (χ2v) is 5.86. The number of para-hydroxylation sites is 1. The van der Waals surface area contributed by atoms with E-state index < -0.39 is 0 Å². The van der Waals surface area contributed by atoms with Gasteiger partial charge in [-0.1, -0.05) is 34.1 Å². The first kappa shape index (κ1) is 13.6. The Balaban J connectivity index is 1.82. The first-order valence-electron chi connectivity index (χ1n) is 6.66. The van der Waals surface area contributed by atoms with Crippen LogP contribution in [-0.2, 0) is 6.54 Å². The molecule has 104 valence electrons. The Bertz CT molecular complexity index is 613. The van der Waals surface area contributed by atoms with Crippen LogP contribution in [0.2, 0.25) is 0 Å². The Kier molecular flexibility index (Phi) is 4.03. The number of nitrogens with one attached hydrogen (secondary N) is 1. The normalized spacial score (nSPS) is 14.3. The first-order chi connectivity index (χ1) is 9.72. The van der Waals surface area contributed by atoms with Gasteiger partial charge in [0.2, 0.25) is 0 Å². The van der Waals surface area contributed by atoms with E-state index in [1.54, 1.807) is 18.2 Å². The summed E-state index contributed by atoms with van der Waals surface area (Å²) in [5.74, 6) is 0.574. The number of halogens is 2. The molecule has 0 aromatic heterocycles. The lowest BCUT2D eigenvalue weighted by molar-refractivity contribution is 0.435. The third-order valence-electron chi connectivity index (χ3n) is 3.24.